The van der Waals surface area contributed by atoms with E-state index in [9.17, 15) is 9.90 Å². The van der Waals surface area contributed by atoms with Crippen LogP contribution in [0.5, 0.6) is 0 Å². The zero-order valence-corrected chi connectivity index (χ0v) is 16.8. The van der Waals surface area contributed by atoms with Crippen LogP contribution in [0.1, 0.15) is 56.6 Å². The molecule has 0 bridgehead atoms. The Labute approximate surface area is 171 Å². The van der Waals surface area contributed by atoms with Gasteiger partial charge in [-0.1, -0.05) is 37.1 Å². The summed E-state index contributed by atoms with van der Waals surface area (Å²) in [6, 6.07) is 9.00. The van der Waals surface area contributed by atoms with Gasteiger partial charge in [0, 0.05) is 24.7 Å². The number of nitrogens with zero attached hydrogens (tertiary/aromatic N) is 3. The van der Waals surface area contributed by atoms with Crippen molar-refractivity contribution >= 4 is 6.03 Å². The molecular weight excluding hydrogens is 364 g/mol. The Balaban J connectivity index is 1.19. The molecule has 5 rings (SSSR count). The lowest BCUT2D eigenvalue weighted by atomic mass is 9.86. The normalized spacial score (nSPS) is 23.1. The summed E-state index contributed by atoms with van der Waals surface area (Å²) in [5, 5.41) is 14.2. The van der Waals surface area contributed by atoms with Gasteiger partial charge >= 0.3 is 6.03 Å². The summed E-state index contributed by atoms with van der Waals surface area (Å²) < 4.78 is 2.19. The van der Waals surface area contributed by atoms with Gasteiger partial charge in [-0.3, -0.25) is 0 Å². The number of carbonyl (C=O) groups is 1. The van der Waals surface area contributed by atoms with Gasteiger partial charge in [-0.05, 0) is 43.6 Å². The Morgan fingerprint density at radius 3 is 2.72 bits per heavy atom. The van der Waals surface area contributed by atoms with Crippen LogP contribution in [-0.4, -0.2) is 50.8 Å². The highest BCUT2D eigenvalue weighted by molar-refractivity contribution is 5.74. The number of benzene rings is 1. The third-order valence-electron chi connectivity index (χ3n) is 7.12. The molecule has 2 fully saturated rings. The van der Waals surface area contributed by atoms with Gasteiger partial charge in [0.1, 0.15) is 0 Å². The van der Waals surface area contributed by atoms with Crippen molar-refractivity contribution in [2.24, 2.45) is 5.92 Å². The minimum atomic E-state index is -0.374. The van der Waals surface area contributed by atoms with Crippen molar-refractivity contribution in [2.45, 2.75) is 63.1 Å². The van der Waals surface area contributed by atoms with Crippen LogP contribution in [0.3, 0.4) is 0 Å². The number of aromatic nitrogens is 2. The number of piperidine rings is 1. The summed E-state index contributed by atoms with van der Waals surface area (Å²) in [4.78, 5) is 18.7. The number of aliphatic hydroxyl groups excluding tert-OH is 1. The number of aliphatic hydroxyl groups is 1. The molecule has 6 heteroatoms. The third-order valence-corrected chi connectivity index (χ3v) is 7.12. The average Bonchev–Trinajstić information content (AvgIpc) is 3.48. The molecule has 0 radical (unpaired) electrons. The zero-order valence-electron chi connectivity index (χ0n) is 16.8. The lowest BCUT2D eigenvalue weighted by molar-refractivity contribution is 0.0536. The maximum absolute atomic E-state index is 12.5. The highest BCUT2D eigenvalue weighted by Crippen LogP contribution is 2.42. The quantitative estimate of drug-likeness (QED) is 0.833. The van der Waals surface area contributed by atoms with Gasteiger partial charge < -0.3 is 19.9 Å². The molecule has 29 heavy (non-hydrogen) atoms. The molecule has 6 nitrogen and oxygen atoms in total. The first-order valence-corrected chi connectivity index (χ1v) is 11.1. The fourth-order valence-corrected chi connectivity index (χ4v) is 5.42. The number of nitrogens with one attached hydrogen (secondary N) is 1. The van der Waals surface area contributed by atoms with E-state index >= 15 is 0 Å². The van der Waals surface area contributed by atoms with Crippen molar-refractivity contribution in [2.75, 3.05) is 13.1 Å². The van der Waals surface area contributed by atoms with Crippen molar-refractivity contribution in [3.8, 4) is 11.3 Å². The molecule has 1 aliphatic carbocycles. The lowest BCUT2D eigenvalue weighted by Gasteiger charge is -2.35. The second-order valence-electron chi connectivity index (χ2n) is 8.85. The predicted octanol–water partition coefficient (Wildman–Crippen LogP) is 3.57. The van der Waals surface area contributed by atoms with E-state index in [1.165, 1.54) is 24.0 Å². The van der Waals surface area contributed by atoms with E-state index in [-0.39, 0.29) is 24.1 Å². The van der Waals surface area contributed by atoms with E-state index in [2.05, 4.69) is 39.1 Å². The number of hydrogen-bond donors (Lipinski definition) is 2. The van der Waals surface area contributed by atoms with Crippen LogP contribution in [0.2, 0.25) is 0 Å². The maximum atomic E-state index is 12.5. The minimum absolute atomic E-state index is 0.0811. The summed E-state index contributed by atoms with van der Waals surface area (Å²) in [7, 11) is 0. The van der Waals surface area contributed by atoms with Crippen LogP contribution in [-0.2, 0) is 0 Å². The van der Waals surface area contributed by atoms with E-state index in [0.29, 0.717) is 12.5 Å². The summed E-state index contributed by atoms with van der Waals surface area (Å²) in [6.45, 7) is 1.47. The zero-order chi connectivity index (χ0) is 19.8. The number of likely N-dealkylation sites (tertiary alicyclic amines) is 1. The van der Waals surface area contributed by atoms with Crippen LogP contribution in [0, 0.1) is 5.92 Å². The summed E-state index contributed by atoms with van der Waals surface area (Å²) in [6.07, 6.45) is 10.5. The van der Waals surface area contributed by atoms with Crippen molar-refractivity contribution in [1.29, 1.82) is 0 Å². The fraction of sp³-hybridized carbons (Fsp3) is 0.565. The predicted molar refractivity (Wildman–Crippen MR) is 112 cm³/mol. The fourth-order valence-electron chi connectivity index (χ4n) is 5.42. The summed E-state index contributed by atoms with van der Waals surface area (Å²) in [5.41, 5.74) is 3.63. The molecule has 154 valence electrons. The monoisotopic (exact) mass is 394 g/mol. The molecule has 1 aromatic heterocycles. The van der Waals surface area contributed by atoms with Crippen LogP contribution in [0.25, 0.3) is 11.3 Å². The minimum Gasteiger partial charge on any atom is -0.393 e. The van der Waals surface area contributed by atoms with Crippen molar-refractivity contribution in [3.63, 3.8) is 0 Å². The molecule has 1 aromatic carbocycles. The first-order chi connectivity index (χ1) is 14.2. The number of carbonyl (C=O) groups excluding carboxylic acids is 1. The Morgan fingerprint density at radius 1 is 1.17 bits per heavy atom. The Morgan fingerprint density at radius 2 is 1.93 bits per heavy atom. The number of imidazole rings is 1. The number of rotatable bonds is 4. The highest BCUT2D eigenvalue weighted by atomic mass is 16.3. The molecule has 2 amide bonds. The second-order valence-corrected chi connectivity index (χ2v) is 8.85. The van der Waals surface area contributed by atoms with Gasteiger partial charge in [0.15, 0.2) is 0 Å². The van der Waals surface area contributed by atoms with E-state index in [1.807, 2.05) is 17.4 Å². The van der Waals surface area contributed by atoms with E-state index in [0.717, 1.165) is 44.5 Å². The van der Waals surface area contributed by atoms with Gasteiger partial charge in [-0.2, -0.15) is 0 Å². The largest absolute Gasteiger partial charge is 0.393 e. The third kappa shape index (κ3) is 3.54. The number of fused-ring (bicyclic) bond motifs is 3. The van der Waals surface area contributed by atoms with Crippen molar-refractivity contribution < 1.29 is 9.90 Å². The van der Waals surface area contributed by atoms with Gasteiger partial charge in [-0.25, -0.2) is 9.78 Å². The molecular formula is C23H30N4O2. The van der Waals surface area contributed by atoms with Gasteiger partial charge in [-0.15, -0.1) is 0 Å². The standard InChI is InChI=1S/C23H30N4O2/c28-22(13-20-18-7-3-4-8-19(18)21-14-24-15-27(20)21)16-9-11-26(12-10-16)23(29)25-17-5-1-2-6-17/h3-4,7-8,14-17,20,22,28H,1-2,5-6,9-13H2,(H,25,29). The maximum Gasteiger partial charge on any atom is 0.317 e. The van der Waals surface area contributed by atoms with Gasteiger partial charge in [0.2, 0.25) is 0 Å². The molecule has 2 N–H and O–H groups in total. The molecule has 3 aliphatic rings. The second kappa shape index (κ2) is 7.82. The number of urea groups is 1. The first kappa shape index (κ1) is 18.7. The van der Waals surface area contributed by atoms with Crippen LogP contribution < -0.4 is 5.32 Å². The number of hydrogen-bond acceptors (Lipinski definition) is 3. The van der Waals surface area contributed by atoms with Crippen molar-refractivity contribution in [3.05, 3.63) is 42.4 Å². The molecule has 2 aliphatic heterocycles. The topological polar surface area (TPSA) is 70.4 Å². The van der Waals surface area contributed by atoms with Crippen LogP contribution >= 0.6 is 0 Å². The molecule has 3 heterocycles. The van der Waals surface area contributed by atoms with E-state index < -0.39 is 0 Å². The highest BCUT2D eigenvalue weighted by Gasteiger charge is 2.34. The van der Waals surface area contributed by atoms with E-state index in [1.54, 1.807) is 0 Å². The van der Waals surface area contributed by atoms with E-state index in [4.69, 9.17) is 0 Å². The molecule has 1 saturated carbocycles. The Bertz CT molecular complexity index is 865. The molecule has 0 spiro atoms. The lowest BCUT2D eigenvalue weighted by Crippen LogP contribution is -2.48. The number of amides is 2. The van der Waals surface area contributed by atoms with Crippen molar-refractivity contribution in [1.82, 2.24) is 19.8 Å². The summed E-state index contributed by atoms with van der Waals surface area (Å²) in [5.74, 6) is 0.241. The Kier molecular flexibility index (Phi) is 5.04. The van der Waals surface area contributed by atoms with Crippen LogP contribution in [0.15, 0.2) is 36.8 Å². The molecule has 1 saturated heterocycles. The molecule has 2 atom stereocenters. The Hall–Kier alpha value is -2.34. The molecule has 2 aromatic rings. The average molecular weight is 395 g/mol. The van der Waals surface area contributed by atoms with Crippen LogP contribution in [0.4, 0.5) is 4.79 Å². The smallest absolute Gasteiger partial charge is 0.317 e. The SMILES string of the molecule is O=C(NC1CCCC1)N1CCC(C(O)CC2c3ccccc3-c3cncn32)CC1. The molecule has 2 unspecified atom stereocenters. The first-order valence-electron chi connectivity index (χ1n) is 11.1. The summed E-state index contributed by atoms with van der Waals surface area (Å²) >= 11 is 0. The van der Waals surface area contributed by atoms with Gasteiger partial charge in [0.05, 0.1) is 30.4 Å². The van der Waals surface area contributed by atoms with Gasteiger partial charge in [0.25, 0.3) is 0 Å².